The van der Waals surface area contributed by atoms with Crippen molar-refractivity contribution in [1.82, 2.24) is 0 Å². The van der Waals surface area contributed by atoms with Gasteiger partial charge in [0.05, 0.1) is 25.6 Å². The fourth-order valence-corrected chi connectivity index (χ4v) is 3.21. The maximum absolute atomic E-state index is 5.90. The van der Waals surface area contributed by atoms with Crippen LogP contribution in [0, 0.1) is 0 Å². The van der Waals surface area contributed by atoms with Gasteiger partial charge in [0.1, 0.15) is 34.5 Å². The average Bonchev–Trinajstić information content (AvgIpc) is 2.82. The van der Waals surface area contributed by atoms with Crippen LogP contribution in [0.3, 0.4) is 0 Å². The van der Waals surface area contributed by atoms with Gasteiger partial charge in [-0.3, -0.25) is 0 Å². The number of nitrogen functional groups attached to an aromatic ring is 2. The number of hydrogen-bond acceptors (Lipinski definition) is 6. The Morgan fingerprint density at radius 1 is 0.469 bits per heavy atom. The molecule has 0 aliphatic rings. The highest BCUT2D eigenvalue weighted by Gasteiger charge is 2.06. The van der Waals surface area contributed by atoms with Crippen molar-refractivity contribution >= 4 is 11.4 Å². The number of ether oxygens (including phenoxy) is 4. The quantitative estimate of drug-likeness (QED) is 0.345. The molecule has 32 heavy (non-hydrogen) atoms. The van der Waals surface area contributed by atoms with Crippen molar-refractivity contribution in [3.8, 4) is 45.6 Å². The fourth-order valence-electron chi connectivity index (χ4n) is 3.21. The molecule has 0 aliphatic heterocycles. The molecule has 0 atom stereocenters. The van der Waals surface area contributed by atoms with Crippen LogP contribution in [0.1, 0.15) is 0 Å². The van der Waals surface area contributed by atoms with E-state index in [1.807, 2.05) is 48.5 Å². The summed E-state index contributed by atoms with van der Waals surface area (Å²) >= 11 is 0. The second kappa shape index (κ2) is 9.22. The summed E-state index contributed by atoms with van der Waals surface area (Å²) in [6.45, 7) is 0. The van der Waals surface area contributed by atoms with Crippen molar-refractivity contribution in [2.45, 2.75) is 0 Å². The smallest absolute Gasteiger partial charge is 0.145 e. The van der Waals surface area contributed by atoms with Crippen molar-refractivity contribution < 1.29 is 18.9 Å². The van der Waals surface area contributed by atoms with E-state index in [0.29, 0.717) is 34.4 Å². The topological polar surface area (TPSA) is 89.0 Å². The number of benzene rings is 4. The lowest BCUT2D eigenvalue weighted by Crippen LogP contribution is -1.93. The van der Waals surface area contributed by atoms with Crippen LogP contribution in [-0.2, 0) is 0 Å². The van der Waals surface area contributed by atoms with Gasteiger partial charge in [-0.25, -0.2) is 0 Å². The zero-order valence-electron chi connectivity index (χ0n) is 17.9. The van der Waals surface area contributed by atoms with E-state index in [-0.39, 0.29) is 0 Å². The molecule has 4 aromatic carbocycles. The van der Waals surface area contributed by atoms with Gasteiger partial charge in [-0.1, -0.05) is 24.3 Å². The second-order valence-electron chi connectivity index (χ2n) is 7.06. The molecule has 0 unspecified atom stereocenters. The van der Waals surface area contributed by atoms with Gasteiger partial charge in [0.15, 0.2) is 0 Å². The van der Waals surface area contributed by atoms with Gasteiger partial charge in [-0.15, -0.1) is 0 Å². The Labute approximate surface area is 186 Å². The molecule has 0 spiro atoms. The summed E-state index contributed by atoms with van der Waals surface area (Å²) in [4.78, 5) is 0. The van der Waals surface area contributed by atoms with Crippen LogP contribution < -0.4 is 30.4 Å². The molecule has 0 fully saturated rings. The van der Waals surface area contributed by atoms with E-state index in [9.17, 15) is 0 Å². The molecule has 162 valence electrons. The summed E-state index contributed by atoms with van der Waals surface area (Å²) in [6, 6.07) is 26.3. The maximum Gasteiger partial charge on any atom is 0.145 e. The van der Waals surface area contributed by atoms with Crippen molar-refractivity contribution in [3.63, 3.8) is 0 Å². The first kappa shape index (κ1) is 20.9. The molecule has 6 heteroatoms. The maximum atomic E-state index is 5.90. The van der Waals surface area contributed by atoms with Crippen LogP contribution in [0.25, 0.3) is 11.1 Å². The molecule has 6 nitrogen and oxygen atoms in total. The molecular formula is C26H24N2O4. The average molecular weight is 428 g/mol. The third kappa shape index (κ3) is 4.70. The summed E-state index contributed by atoms with van der Waals surface area (Å²) < 4.78 is 22.3. The number of anilines is 2. The summed E-state index contributed by atoms with van der Waals surface area (Å²) in [5.74, 6) is 3.92. The highest BCUT2D eigenvalue weighted by Crippen LogP contribution is 2.33. The van der Waals surface area contributed by atoms with E-state index in [1.165, 1.54) is 0 Å². The number of rotatable bonds is 7. The van der Waals surface area contributed by atoms with Crippen molar-refractivity contribution in [1.29, 1.82) is 0 Å². The van der Waals surface area contributed by atoms with E-state index >= 15 is 0 Å². The SMILES string of the molecule is COc1cc(Oc2ccc(-c3ccc(Oc4ccc(N)c(OC)c4)cc3)cc2)ccc1N. The largest absolute Gasteiger partial charge is 0.494 e. The minimum absolute atomic E-state index is 0.568. The number of methoxy groups -OCH3 is 2. The van der Waals surface area contributed by atoms with E-state index in [0.717, 1.165) is 22.6 Å². The van der Waals surface area contributed by atoms with Crippen LogP contribution in [0.2, 0.25) is 0 Å². The van der Waals surface area contributed by atoms with Crippen molar-refractivity contribution in [2.24, 2.45) is 0 Å². The lowest BCUT2D eigenvalue weighted by atomic mass is 10.1. The Hall–Kier alpha value is -4.32. The minimum atomic E-state index is 0.568. The first-order valence-electron chi connectivity index (χ1n) is 9.99. The van der Waals surface area contributed by atoms with Crippen molar-refractivity contribution in [3.05, 3.63) is 84.9 Å². The Balaban J connectivity index is 1.44. The Morgan fingerprint density at radius 2 is 0.812 bits per heavy atom. The fraction of sp³-hybridized carbons (Fsp3) is 0.0769. The van der Waals surface area contributed by atoms with E-state index < -0.39 is 0 Å². The molecule has 0 radical (unpaired) electrons. The molecule has 4 N–H and O–H groups in total. The third-order valence-corrected chi connectivity index (χ3v) is 4.92. The van der Waals surface area contributed by atoms with E-state index in [2.05, 4.69) is 0 Å². The van der Waals surface area contributed by atoms with Crippen LogP contribution in [-0.4, -0.2) is 14.2 Å². The summed E-state index contributed by atoms with van der Waals surface area (Å²) in [7, 11) is 3.15. The zero-order valence-corrected chi connectivity index (χ0v) is 17.9. The molecule has 0 aromatic heterocycles. The molecule has 0 aliphatic carbocycles. The van der Waals surface area contributed by atoms with E-state index in [4.69, 9.17) is 30.4 Å². The summed E-state index contributed by atoms with van der Waals surface area (Å²) in [5.41, 5.74) is 15.0. The highest BCUT2D eigenvalue weighted by atomic mass is 16.5. The van der Waals surface area contributed by atoms with Crippen LogP contribution in [0.4, 0.5) is 11.4 Å². The van der Waals surface area contributed by atoms with Gasteiger partial charge < -0.3 is 30.4 Å². The first-order chi connectivity index (χ1) is 15.6. The summed E-state index contributed by atoms with van der Waals surface area (Å²) in [5, 5.41) is 0. The zero-order chi connectivity index (χ0) is 22.5. The van der Waals surface area contributed by atoms with Crippen LogP contribution >= 0.6 is 0 Å². The molecule has 0 saturated heterocycles. The Morgan fingerprint density at radius 3 is 1.16 bits per heavy atom. The third-order valence-electron chi connectivity index (χ3n) is 4.92. The summed E-state index contributed by atoms with van der Waals surface area (Å²) in [6.07, 6.45) is 0. The van der Waals surface area contributed by atoms with Gasteiger partial charge in [-0.2, -0.15) is 0 Å². The minimum Gasteiger partial charge on any atom is -0.494 e. The highest BCUT2D eigenvalue weighted by molar-refractivity contribution is 5.65. The molecule has 0 heterocycles. The number of nitrogens with two attached hydrogens (primary N) is 2. The monoisotopic (exact) mass is 428 g/mol. The second-order valence-corrected chi connectivity index (χ2v) is 7.06. The van der Waals surface area contributed by atoms with Gasteiger partial charge in [0.2, 0.25) is 0 Å². The first-order valence-corrected chi connectivity index (χ1v) is 9.99. The van der Waals surface area contributed by atoms with Gasteiger partial charge in [0, 0.05) is 12.1 Å². The normalized spacial score (nSPS) is 10.4. The molecule has 0 saturated carbocycles. The Kier molecular flexibility index (Phi) is 6.03. The molecule has 0 bridgehead atoms. The molecule has 0 amide bonds. The lowest BCUT2D eigenvalue weighted by molar-refractivity contribution is 0.411. The predicted octanol–water partition coefficient (Wildman–Crippen LogP) is 6.12. The van der Waals surface area contributed by atoms with Gasteiger partial charge in [0.25, 0.3) is 0 Å². The van der Waals surface area contributed by atoms with Crippen molar-refractivity contribution in [2.75, 3.05) is 25.7 Å². The van der Waals surface area contributed by atoms with Gasteiger partial charge >= 0.3 is 0 Å². The molecule has 4 aromatic rings. The lowest BCUT2D eigenvalue weighted by Gasteiger charge is -2.11. The Bertz CT molecular complexity index is 1110. The molecular weight excluding hydrogens is 404 g/mol. The molecule has 4 rings (SSSR count). The number of hydrogen-bond donors (Lipinski definition) is 2. The predicted molar refractivity (Wildman–Crippen MR) is 127 cm³/mol. The van der Waals surface area contributed by atoms with Crippen LogP contribution in [0.5, 0.6) is 34.5 Å². The van der Waals surface area contributed by atoms with Crippen LogP contribution in [0.15, 0.2) is 84.9 Å². The van der Waals surface area contributed by atoms with Gasteiger partial charge in [-0.05, 0) is 59.7 Å². The van der Waals surface area contributed by atoms with E-state index in [1.54, 1.807) is 50.6 Å². The standard InChI is InChI=1S/C26H24N2O4/c1-29-25-15-21(11-13-23(25)27)31-19-7-3-17(4-8-19)18-5-9-20(10-6-18)32-22-12-14-24(28)26(16-22)30-2/h3-16H,27-28H2,1-2H3.